The van der Waals surface area contributed by atoms with Crippen LogP contribution in [-0.4, -0.2) is 65.6 Å². The van der Waals surface area contributed by atoms with Gasteiger partial charge in [0, 0.05) is 13.1 Å². The van der Waals surface area contributed by atoms with Crippen LogP contribution in [0.4, 0.5) is 5.69 Å². The van der Waals surface area contributed by atoms with E-state index in [1.54, 1.807) is 21.9 Å². The van der Waals surface area contributed by atoms with Crippen molar-refractivity contribution in [3.63, 3.8) is 0 Å². The molecule has 1 saturated heterocycles. The molecule has 3 aromatic rings. The van der Waals surface area contributed by atoms with Gasteiger partial charge in [-0.05, 0) is 24.3 Å². The van der Waals surface area contributed by atoms with Gasteiger partial charge < -0.3 is 14.4 Å². The van der Waals surface area contributed by atoms with Crippen LogP contribution in [0, 0.1) is 0 Å². The Morgan fingerprint density at radius 3 is 2.53 bits per heavy atom. The van der Waals surface area contributed by atoms with E-state index in [1.165, 1.54) is 6.20 Å². The van der Waals surface area contributed by atoms with Crippen LogP contribution in [0.25, 0.3) is 11.0 Å². The van der Waals surface area contributed by atoms with Crippen molar-refractivity contribution < 1.29 is 19.1 Å². The lowest BCUT2D eigenvalue weighted by molar-refractivity contribution is -0.142. The molecule has 2 aliphatic rings. The van der Waals surface area contributed by atoms with E-state index < -0.39 is 6.10 Å². The van der Waals surface area contributed by atoms with E-state index in [0.717, 1.165) is 5.52 Å². The maximum absolute atomic E-state index is 13.4. The van der Waals surface area contributed by atoms with E-state index in [4.69, 9.17) is 9.47 Å². The van der Waals surface area contributed by atoms with Gasteiger partial charge >= 0.3 is 0 Å². The fraction of sp³-hybridized carbons (Fsp3) is 0.273. The van der Waals surface area contributed by atoms with Gasteiger partial charge in [-0.2, -0.15) is 0 Å². The Balaban J connectivity index is 1.47. The third-order valence-electron chi connectivity index (χ3n) is 5.28. The van der Waals surface area contributed by atoms with Gasteiger partial charge in [0.05, 0.1) is 42.7 Å². The van der Waals surface area contributed by atoms with Gasteiger partial charge in [-0.15, -0.1) is 0 Å². The highest BCUT2D eigenvalue weighted by atomic mass is 16.5. The minimum absolute atomic E-state index is 0.112. The van der Waals surface area contributed by atoms with E-state index in [2.05, 4.69) is 9.97 Å². The number of fused-ring (bicyclic) bond motifs is 2. The number of benzene rings is 2. The molecule has 1 unspecified atom stereocenters. The van der Waals surface area contributed by atoms with Crippen LogP contribution in [-0.2, 0) is 9.53 Å². The molecule has 1 atom stereocenters. The summed E-state index contributed by atoms with van der Waals surface area (Å²) in [5.41, 5.74) is 2.20. The monoisotopic (exact) mass is 404 g/mol. The molecule has 0 N–H and O–H groups in total. The quantitative estimate of drug-likeness (QED) is 0.649. The van der Waals surface area contributed by atoms with Crippen LogP contribution in [0.5, 0.6) is 5.75 Å². The summed E-state index contributed by atoms with van der Waals surface area (Å²) in [5, 5.41) is 0. The topological polar surface area (TPSA) is 84.9 Å². The highest BCUT2D eigenvalue weighted by molar-refractivity contribution is 6.07. The van der Waals surface area contributed by atoms with Crippen molar-refractivity contribution in [2.75, 3.05) is 37.7 Å². The number of para-hydroxylation sites is 4. The molecule has 0 aliphatic carbocycles. The number of morpholine rings is 1. The summed E-state index contributed by atoms with van der Waals surface area (Å²) >= 11 is 0. The molecule has 3 heterocycles. The molecular weight excluding hydrogens is 384 g/mol. The van der Waals surface area contributed by atoms with Crippen molar-refractivity contribution in [1.82, 2.24) is 14.9 Å². The van der Waals surface area contributed by atoms with Crippen molar-refractivity contribution in [1.29, 1.82) is 0 Å². The summed E-state index contributed by atoms with van der Waals surface area (Å²) in [6.45, 7) is 2.16. The number of hydrogen-bond acceptors (Lipinski definition) is 6. The van der Waals surface area contributed by atoms with Crippen molar-refractivity contribution in [3.8, 4) is 5.75 Å². The molecule has 0 bridgehead atoms. The highest BCUT2D eigenvalue weighted by Crippen LogP contribution is 2.34. The minimum atomic E-state index is -0.782. The Labute approximate surface area is 173 Å². The number of nitrogens with zero attached hydrogens (tertiary/aromatic N) is 4. The Hall–Kier alpha value is -3.52. The molecule has 8 nitrogen and oxygen atoms in total. The van der Waals surface area contributed by atoms with Gasteiger partial charge in [-0.3, -0.25) is 19.5 Å². The van der Waals surface area contributed by atoms with Gasteiger partial charge in [-0.25, -0.2) is 4.98 Å². The highest BCUT2D eigenvalue weighted by Gasteiger charge is 2.37. The van der Waals surface area contributed by atoms with Crippen LogP contribution in [0.2, 0.25) is 0 Å². The maximum atomic E-state index is 13.4. The van der Waals surface area contributed by atoms with Gasteiger partial charge in [0.1, 0.15) is 11.4 Å². The van der Waals surface area contributed by atoms with Crippen molar-refractivity contribution in [2.24, 2.45) is 0 Å². The molecule has 2 amide bonds. The number of hydrogen-bond donors (Lipinski definition) is 0. The fourth-order valence-corrected chi connectivity index (χ4v) is 3.74. The van der Waals surface area contributed by atoms with Gasteiger partial charge in [-0.1, -0.05) is 24.3 Å². The Bertz CT molecular complexity index is 1110. The first kappa shape index (κ1) is 18.5. The third kappa shape index (κ3) is 3.35. The average Bonchev–Trinajstić information content (AvgIpc) is 2.82. The van der Waals surface area contributed by atoms with Gasteiger partial charge in [0.15, 0.2) is 6.10 Å². The number of amides is 2. The zero-order valence-electron chi connectivity index (χ0n) is 16.2. The predicted molar refractivity (Wildman–Crippen MR) is 109 cm³/mol. The lowest BCUT2D eigenvalue weighted by Gasteiger charge is -2.37. The van der Waals surface area contributed by atoms with E-state index in [1.807, 2.05) is 36.4 Å². The Morgan fingerprint density at radius 1 is 0.967 bits per heavy atom. The third-order valence-corrected chi connectivity index (χ3v) is 5.28. The molecule has 30 heavy (non-hydrogen) atoms. The first-order valence-corrected chi connectivity index (χ1v) is 9.86. The van der Waals surface area contributed by atoms with E-state index in [9.17, 15) is 9.59 Å². The summed E-state index contributed by atoms with van der Waals surface area (Å²) in [4.78, 5) is 38.5. The summed E-state index contributed by atoms with van der Waals surface area (Å²) in [5.74, 6) is 0.0384. The summed E-state index contributed by atoms with van der Waals surface area (Å²) in [7, 11) is 0. The van der Waals surface area contributed by atoms with Crippen molar-refractivity contribution >= 4 is 28.5 Å². The summed E-state index contributed by atoms with van der Waals surface area (Å²) in [6, 6.07) is 14.6. The number of carbonyl (C=O) groups excluding carboxylic acids is 2. The van der Waals surface area contributed by atoms with E-state index in [-0.39, 0.29) is 24.1 Å². The second-order valence-electron chi connectivity index (χ2n) is 7.17. The Kier molecular flexibility index (Phi) is 4.76. The Morgan fingerprint density at radius 2 is 1.70 bits per heavy atom. The number of anilines is 1. The first-order chi connectivity index (χ1) is 14.7. The molecule has 5 rings (SSSR count). The minimum Gasteiger partial charge on any atom is -0.476 e. The van der Waals surface area contributed by atoms with Crippen molar-refractivity contribution in [3.05, 3.63) is 60.4 Å². The lowest BCUT2D eigenvalue weighted by Crippen LogP contribution is -2.54. The number of ether oxygens (including phenoxy) is 2. The van der Waals surface area contributed by atoms with Crippen LogP contribution in [0.3, 0.4) is 0 Å². The molecule has 2 aromatic carbocycles. The zero-order valence-corrected chi connectivity index (χ0v) is 16.2. The smallest absolute Gasteiger partial charge is 0.278 e. The standard InChI is InChI=1S/C22H20N4O4/c27-21(17-13-23-15-5-1-2-6-16(15)24-17)26-14-20(22(28)25-9-11-29-12-10-25)30-19-8-4-3-7-18(19)26/h1-8,13,20H,9-12,14H2. The summed E-state index contributed by atoms with van der Waals surface area (Å²) in [6.07, 6.45) is 0.692. The molecule has 0 saturated carbocycles. The molecule has 1 fully saturated rings. The average molecular weight is 404 g/mol. The number of rotatable bonds is 2. The molecule has 2 aliphatic heterocycles. The SMILES string of the molecule is O=C(C1CN(C(=O)c2cnc3ccccc3n2)c2ccccc2O1)N1CCOCC1. The van der Waals surface area contributed by atoms with Gasteiger partial charge in [0.25, 0.3) is 11.8 Å². The van der Waals surface area contributed by atoms with Crippen LogP contribution in [0.15, 0.2) is 54.7 Å². The molecule has 152 valence electrons. The lowest BCUT2D eigenvalue weighted by atomic mass is 10.1. The zero-order chi connectivity index (χ0) is 20.5. The normalized spacial score (nSPS) is 18.6. The van der Waals surface area contributed by atoms with E-state index >= 15 is 0 Å². The number of aromatic nitrogens is 2. The van der Waals surface area contributed by atoms with Crippen LogP contribution >= 0.6 is 0 Å². The molecule has 1 aromatic heterocycles. The van der Waals surface area contributed by atoms with Gasteiger partial charge in [0.2, 0.25) is 0 Å². The second-order valence-corrected chi connectivity index (χ2v) is 7.17. The first-order valence-electron chi connectivity index (χ1n) is 9.86. The van der Waals surface area contributed by atoms with Crippen LogP contribution < -0.4 is 9.64 Å². The molecule has 0 spiro atoms. The van der Waals surface area contributed by atoms with Crippen LogP contribution in [0.1, 0.15) is 10.5 Å². The number of carbonyl (C=O) groups is 2. The summed E-state index contributed by atoms with van der Waals surface area (Å²) < 4.78 is 11.3. The second kappa shape index (κ2) is 7.72. The van der Waals surface area contributed by atoms with Crippen molar-refractivity contribution in [2.45, 2.75) is 6.10 Å². The fourth-order valence-electron chi connectivity index (χ4n) is 3.74. The maximum Gasteiger partial charge on any atom is 0.278 e. The van der Waals surface area contributed by atoms with E-state index in [0.29, 0.717) is 43.3 Å². The molecule has 8 heteroatoms. The largest absolute Gasteiger partial charge is 0.476 e. The molecular formula is C22H20N4O4. The predicted octanol–water partition coefficient (Wildman–Crippen LogP) is 1.90. The molecule has 0 radical (unpaired) electrons.